The predicted molar refractivity (Wildman–Crippen MR) is 301 cm³/mol. The highest BCUT2D eigenvalue weighted by Gasteiger charge is 2.33. The lowest BCUT2D eigenvalue weighted by molar-refractivity contribution is -0.136. The van der Waals surface area contributed by atoms with E-state index in [0.717, 1.165) is 102 Å². The molecule has 4 aliphatic heterocycles. The smallest absolute Gasteiger partial charge is 0.236 e. The maximum atomic E-state index is 11.7. The molecule has 0 aromatic heterocycles. The Kier molecular flexibility index (Phi) is 29.6. The van der Waals surface area contributed by atoms with Crippen LogP contribution < -0.4 is 0 Å². The third-order valence-corrected chi connectivity index (χ3v) is 17.4. The SMILES string of the molecule is C.C.CN(C)CC1CCC(N2CCCC(=O)C2)CC1.CN(C)CC1CCC(N2CCCC(=O)C2)CC1.CN(C)CC1CCC(N2CCN(C)C(=O)C2)CC1.CN(C)CC1CCC(N2CCN(C)C(=O)C2)CC1. The molecule has 4 saturated carbocycles. The third-order valence-electron chi connectivity index (χ3n) is 17.4. The molecule has 14 heteroatoms. The molecule has 0 spiro atoms. The third kappa shape index (κ3) is 22.7. The predicted octanol–water partition coefficient (Wildman–Crippen LogP) is 6.58. The number of nitrogens with zero attached hydrogens (tertiary/aromatic N) is 10. The van der Waals surface area contributed by atoms with Gasteiger partial charge in [0, 0.05) is 103 Å². The summed E-state index contributed by atoms with van der Waals surface area (Å²) < 4.78 is 0. The van der Waals surface area contributed by atoms with Gasteiger partial charge in [-0.1, -0.05) is 14.9 Å². The Labute approximate surface area is 443 Å². The summed E-state index contributed by atoms with van der Waals surface area (Å²) in [5.41, 5.74) is 0. The van der Waals surface area contributed by atoms with Gasteiger partial charge in [0.25, 0.3) is 0 Å². The Morgan fingerprint density at radius 2 is 0.583 bits per heavy atom. The van der Waals surface area contributed by atoms with Gasteiger partial charge in [-0.25, -0.2) is 0 Å². The van der Waals surface area contributed by atoms with Crippen molar-refractivity contribution in [3.8, 4) is 0 Å². The number of carbonyl (C=O) groups excluding carboxylic acids is 4. The minimum Gasteiger partial charge on any atom is -0.343 e. The minimum absolute atomic E-state index is 0. The summed E-state index contributed by atoms with van der Waals surface area (Å²) in [7, 11) is 21.1. The Morgan fingerprint density at radius 3 is 0.792 bits per heavy atom. The number of piperidine rings is 2. The Morgan fingerprint density at radius 1 is 0.347 bits per heavy atom. The van der Waals surface area contributed by atoms with Gasteiger partial charge in [-0.15, -0.1) is 0 Å². The van der Waals surface area contributed by atoms with Gasteiger partial charge in [-0.2, -0.15) is 0 Å². The van der Waals surface area contributed by atoms with Gasteiger partial charge in [0.2, 0.25) is 11.8 Å². The molecular weight excluding hydrogens is 901 g/mol. The van der Waals surface area contributed by atoms with Crippen molar-refractivity contribution < 1.29 is 19.2 Å². The number of amides is 2. The monoisotopic (exact) mass is 1010 g/mol. The van der Waals surface area contributed by atoms with Crippen LogP contribution in [-0.2, 0) is 19.2 Å². The average molecular weight is 1020 g/mol. The quantitative estimate of drug-likeness (QED) is 0.212. The lowest BCUT2D eigenvalue weighted by Crippen LogP contribution is -2.53. The number of piperazine rings is 2. The highest BCUT2D eigenvalue weighted by Crippen LogP contribution is 2.32. The van der Waals surface area contributed by atoms with E-state index >= 15 is 0 Å². The molecule has 8 aliphatic rings. The Hall–Kier alpha value is -2.04. The zero-order valence-electron chi connectivity index (χ0n) is 46.8. The molecule has 0 atom stereocenters. The first-order chi connectivity index (χ1) is 33.4. The largest absolute Gasteiger partial charge is 0.343 e. The van der Waals surface area contributed by atoms with E-state index in [-0.39, 0.29) is 26.7 Å². The maximum absolute atomic E-state index is 11.7. The topological polar surface area (TPSA) is 101 Å². The zero-order chi connectivity index (χ0) is 50.7. The number of hydrogen-bond acceptors (Lipinski definition) is 12. The zero-order valence-corrected chi connectivity index (χ0v) is 46.8. The second-order valence-corrected chi connectivity index (χ2v) is 24.5. The van der Waals surface area contributed by atoms with Gasteiger partial charge in [0.1, 0.15) is 11.6 Å². The van der Waals surface area contributed by atoms with Gasteiger partial charge >= 0.3 is 0 Å². The Bertz CT molecular complexity index is 1420. The van der Waals surface area contributed by atoms with Crippen LogP contribution in [0.3, 0.4) is 0 Å². The van der Waals surface area contributed by atoms with Crippen LogP contribution in [0.4, 0.5) is 0 Å². The van der Waals surface area contributed by atoms with Crippen LogP contribution >= 0.6 is 0 Å². The van der Waals surface area contributed by atoms with Crippen molar-refractivity contribution in [2.24, 2.45) is 23.7 Å². The molecule has 4 aliphatic carbocycles. The molecule has 2 amide bonds. The lowest BCUT2D eigenvalue weighted by atomic mass is 9.84. The molecule has 0 radical (unpaired) electrons. The van der Waals surface area contributed by atoms with Crippen molar-refractivity contribution in [2.75, 3.05) is 162 Å². The first kappa shape index (κ1) is 64.2. The van der Waals surface area contributed by atoms with Gasteiger partial charge in [0.15, 0.2) is 0 Å². The number of likely N-dealkylation sites (N-methyl/N-ethyl adjacent to an activating group) is 2. The van der Waals surface area contributed by atoms with Crippen molar-refractivity contribution >= 4 is 23.4 Å². The van der Waals surface area contributed by atoms with Crippen molar-refractivity contribution in [3.63, 3.8) is 0 Å². The number of rotatable bonds is 12. The lowest BCUT2D eigenvalue weighted by Gasteiger charge is -2.41. The van der Waals surface area contributed by atoms with Crippen molar-refractivity contribution in [2.45, 2.75) is 167 Å². The summed E-state index contributed by atoms with van der Waals surface area (Å²) in [4.78, 5) is 69.0. The number of carbonyl (C=O) groups is 4. The van der Waals surface area contributed by atoms with E-state index in [1.807, 2.05) is 23.9 Å². The summed E-state index contributed by atoms with van der Waals surface area (Å²) in [6.07, 6.45) is 24.7. The van der Waals surface area contributed by atoms with Crippen LogP contribution in [0.1, 0.15) is 143 Å². The fourth-order valence-corrected chi connectivity index (χ4v) is 13.4. The second kappa shape index (κ2) is 33.2. The van der Waals surface area contributed by atoms with Crippen molar-refractivity contribution in [1.29, 1.82) is 0 Å². The molecule has 0 aromatic carbocycles. The molecule has 72 heavy (non-hydrogen) atoms. The van der Waals surface area contributed by atoms with E-state index in [0.29, 0.717) is 48.8 Å². The molecule has 8 rings (SSSR count). The van der Waals surface area contributed by atoms with Crippen molar-refractivity contribution in [1.82, 2.24) is 49.0 Å². The fourth-order valence-electron chi connectivity index (χ4n) is 13.4. The van der Waals surface area contributed by atoms with Crippen LogP contribution in [0.5, 0.6) is 0 Å². The molecule has 0 aromatic rings. The molecule has 4 heterocycles. The van der Waals surface area contributed by atoms with Crippen LogP contribution in [0.2, 0.25) is 0 Å². The van der Waals surface area contributed by atoms with Crippen LogP contribution in [0.15, 0.2) is 0 Å². The van der Waals surface area contributed by atoms with Gasteiger partial charge in [0.05, 0.1) is 26.2 Å². The molecular formula is C58H114N10O4. The summed E-state index contributed by atoms with van der Waals surface area (Å²) in [5, 5.41) is 0. The second-order valence-electron chi connectivity index (χ2n) is 24.5. The first-order valence-corrected chi connectivity index (χ1v) is 28.5. The highest BCUT2D eigenvalue weighted by molar-refractivity contribution is 5.81. The molecule has 4 saturated heterocycles. The number of hydrogen-bond donors (Lipinski definition) is 0. The van der Waals surface area contributed by atoms with Crippen LogP contribution in [0, 0.1) is 23.7 Å². The van der Waals surface area contributed by atoms with E-state index in [2.05, 4.69) is 95.6 Å². The number of likely N-dealkylation sites (tertiary alicyclic amines) is 2. The highest BCUT2D eigenvalue weighted by atomic mass is 16.2. The standard InChI is InChI=1S/2C14H27N3O.2C14H26N2O.2CH4/c2*1-15(2)10-12-4-6-13(7-5-12)17-9-8-16(3)14(18)11-17;2*1-15(2)10-12-5-7-13(8-6-12)16-9-3-4-14(17)11-16;;/h2*12-13H,4-11H2,1-3H3;2*12-13H,3-11H2,1-2H3;2*1H4. The van der Waals surface area contributed by atoms with Crippen molar-refractivity contribution in [3.05, 3.63) is 0 Å². The summed E-state index contributed by atoms with van der Waals surface area (Å²) >= 11 is 0. The molecule has 0 N–H and O–H groups in total. The summed E-state index contributed by atoms with van der Waals surface area (Å²) in [6.45, 7) is 13.8. The van der Waals surface area contributed by atoms with E-state index in [4.69, 9.17) is 0 Å². The molecule has 420 valence electrons. The summed E-state index contributed by atoms with van der Waals surface area (Å²) in [6, 6.07) is 2.69. The molecule has 14 nitrogen and oxygen atoms in total. The fraction of sp³-hybridized carbons (Fsp3) is 0.931. The van der Waals surface area contributed by atoms with E-state index in [1.165, 1.54) is 129 Å². The first-order valence-electron chi connectivity index (χ1n) is 28.5. The minimum atomic E-state index is 0. The van der Waals surface area contributed by atoms with Gasteiger partial charge < -0.3 is 29.4 Å². The average Bonchev–Trinajstić information content (AvgIpc) is 3.32. The van der Waals surface area contributed by atoms with E-state index in [1.54, 1.807) is 0 Å². The number of Topliss-reactive ketones (excluding diaryl/α,β-unsaturated/α-hetero) is 2. The van der Waals surface area contributed by atoms with Gasteiger partial charge in [-0.3, -0.25) is 38.8 Å². The summed E-state index contributed by atoms with van der Waals surface area (Å²) in [5.74, 6) is 4.95. The van der Waals surface area contributed by atoms with Crippen LogP contribution in [0.25, 0.3) is 0 Å². The molecule has 0 bridgehead atoms. The molecule has 8 fully saturated rings. The normalized spacial score (nSPS) is 30.7. The van der Waals surface area contributed by atoms with Gasteiger partial charge in [-0.05, 0) is 209 Å². The van der Waals surface area contributed by atoms with Crippen LogP contribution in [-0.4, -0.2) is 259 Å². The molecule has 0 unspecified atom stereocenters. The Balaban J connectivity index is 0.000000251. The van der Waals surface area contributed by atoms with E-state index in [9.17, 15) is 19.2 Å². The maximum Gasteiger partial charge on any atom is 0.236 e. The van der Waals surface area contributed by atoms with E-state index < -0.39 is 0 Å². The number of ketones is 2.